The molecule has 0 unspecified atom stereocenters. The molecule has 0 rings (SSSR count). The molecule has 60 valence electrons. The molecule has 0 aliphatic carbocycles. The van der Waals surface area contributed by atoms with Crippen molar-refractivity contribution < 1.29 is 10.2 Å². The van der Waals surface area contributed by atoms with Crippen molar-refractivity contribution in [3.8, 4) is 0 Å². The topological polar surface area (TPSA) is 46.1 Å². The third kappa shape index (κ3) is 173. The van der Waals surface area contributed by atoms with Crippen molar-refractivity contribution >= 4 is 27.9 Å². The van der Waals surface area contributed by atoms with E-state index in [1.165, 1.54) is 0 Å². The Hall–Kier alpha value is 0.742. The van der Waals surface area contributed by atoms with Gasteiger partial charge in [0.2, 0.25) is 0 Å². The van der Waals surface area contributed by atoms with Crippen LogP contribution >= 0.6 is 11.6 Å². The molecule has 0 aromatic carbocycles. The average Bonchev–Trinajstić information content (AvgIpc) is 1.91. The van der Waals surface area contributed by atoms with E-state index < -0.39 is 0 Å². The van der Waals surface area contributed by atoms with Crippen molar-refractivity contribution in [1.82, 2.24) is 0 Å². The molecule has 0 N–H and O–H groups in total. The van der Waals surface area contributed by atoms with Gasteiger partial charge in [0.15, 0.2) is 0 Å². The Kier molecular flexibility index (Phi) is 56.3. The van der Waals surface area contributed by atoms with Crippen molar-refractivity contribution in [2.24, 2.45) is 0 Å². The van der Waals surface area contributed by atoms with Crippen LogP contribution in [0.25, 0.3) is 0 Å². The monoisotopic (exact) mass is 180 g/mol. The van der Waals surface area contributed by atoms with Gasteiger partial charge in [0.25, 0.3) is 0 Å². The third-order valence-corrected chi connectivity index (χ3v) is 0.982. The van der Waals surface area contributed by atoms with Crippen LogP contribution in [0.5, 0.6) is 0 Å². The van der Waals surface area contributed by atoms with E-state index in [1.54, 1.807) is 13.8 Å². The molecule has 0 atom stereocenters. The van der Waals surface area contributed by atoms with Gasteiger partial charge in [-0.3, -0.25) is 0 Å². The molecule has 0 bridgehead atoms. The minimum atomic E-state index is 0. The zero-order valence-electron chi connectivity index (χ0n) is 6.60. The van der Waals surface area contributed by atoms with Gasteiger partial charge in [-0.1, -0.05) is 13.8 Å². The summed E-state index contributed by atoms with van der Waals surface area (Å²) in [5.74, 6) is 0.755. The number of hydrogen-bond donors (Lipinski definition) is 0. The molecule has 0 saturated heterocycles. The summed E-state index contributed by atoms with van der Waals surface area (Å²) in [6.45, 7) is 3.14. The molecular weight excluding hydrogens is 166 g/mol. The fourth-order valence-corrected chi connectivity index (χ4v) is 0. The summed E-state index contributed by atoms with van der Waals surface area (Å²) in [5, 5.41) is 18.9. The van der Waals surface area contributed by atoms with Crippen LogP contribution in [0.15, 0.2) is 0 Å². The quantitative estimate of drug-likeness (QED) is 0.405. The normalized spacial score (nSPS) is 6.70. The van der Waals surface area contributed by atoms with Crippen LogP contribution in [0.3, 0.4) is 0 Å². The van der Waals surface area contributed by atoms with E-state index in [2.05, 4.69) is 16.3 Å². The summed E-state index contributed by atoms with van der Waals surface area (Å²) in [5.41, 5.74) is 0. The van der Waals surface area contributed by atoms with Crippen LogP contribution in [0.2, 0.25) is 5.28 Å². The molecule has 0 heterocycles. The molecule has 4 heteroatoms. The van der Waals surface area contributed by atoms with E-state index >= 15 is 0 Å². The summed E-state index contributed by atoms with van der Waals surface area (Å²) in [7, 11) is 0. The zero-order valence-corrected chi connectivity index (χ0v) is 8.51. The summed E-state index contributed by atoms with van der Waals surface area (Å²) < 4.78 is 0. The maximum atomic E-state index is 8.93. The molecule has 0 aromatic heterocycles. The Morgan fingerprint density at radius 2 is 1.30 bits per heavy atom. The second kappa shape index (κ2) is 33.1. The summed E-state index contributed by atoms with van der Waals surface area (Å²) >= 11 is 7.69. The van der Waals surface area contributed by atoms with E-state index in [1.807, 2.05) is 0 Å². The second-order valence-electron chi connectivity index (χ2n) is 1.06. The van der Waals surface area contributed by atoms with Crippen molar-refractivity contribution in [2.75, 3.05) is 19.1 Å². The number of alkyl halides is 1. The first kappa shape index (κ1) is 17.0. The molecule has 0 aliphatic heterocycles. The van der Waals surface area contributed by atoms with E-state index in [9.17, 15) is 0 Å². The SMILES string of the molecule is CC[O-].CC[O-].[Al+2][CH2]CCl. The molecule has 10 heavy (non-hydrogen) atoms. The molecule has 0 fully saturated rings. The van der Waals surface area contributed by atoms with Crippen molar-refractivity contribution in [3.05, 3.63) is 0 Å². The molecule has 0 spiro atoms. The Bertz CT molecular complexity index is 27.7. The van der Waals surface area contributed by atoms with Crippen LogP contribution in [0, 0.1) is 0 Å². The van der Waals surface area contributed by atoms with E-state index in [0.717, 1.165) is 11.2 Å². The van der Waals surface area contributed by atoms with E-state index in [0.29, 0.717) is 0 Å². The van der Waals surface area contributed by atoms with Crippen LogP contribution in [0.1, 0.15) is 13.8 Å². The van der Waals surface area contributed by atoms with Gasteiger partial charge in [-0.25, -0.2) is 0 Å². The van der Waals surface area contributed by atoms with Crippen LogP contribution in [0.4, 0.5) is 0 Å². The molecule has 0 radical (unpaired) electrons. The van der Waals surface area contributed by atoms with Crippen molar-refractivity contribution in [2.45, 2.75) is 19.1 Å². The van der Waals surface area contributed by atoms with Crippen LogP contribution < -0.4 is 10.2 Å². The van der Waals surface area contributed by atoms with Crippen molar-refractivity contribution in [1.29, 1.82) is 0 Å². The zero-order chi connectivity index (χ0) is 8.83. The summed E-state index contributed by atoms with van der Waals surface area (Å²) in [6, 6.07) is 0. The van der Waals surface area contributed by atoms with Gasteiger partial charge in [0.05, 0.1) is 0 Å². The Morgan fingerprint density at radius 1 is 1.20 bits per heavy atom. The first-order valence-electron chi connectivity index (χ1n) is 3.17. The predicted molar refractivity (Wildman–Crippen MR) is 42.4 cm³/mol. The molecule has 0 amide bonds. The maximum absolute atomic E-state index is 8.93. The van der Waals surface area contributed by atoms with E-state index in [4.69, 9.17) is 21.8 Å². The van der Waals surface area contributed by atoms with Gasteiger partial charge in [-0.05, 0) is 0 Å². The summed E-state index contributed by atoms with van der Waals surface area (Å²) in [4.78, 5) is 0. The fourth-order valence-electron chi connectivity index (χ4n) is 0. The van der Waals surface area contributed by atoms with Gasteiger partial charge in [0.1, 0.15) is 0 Å². The molecule has 0 aromatic rings. The number of halogens is 1. The van der Waals surface area contributed by atoms with Gasteiger partial charge in [0, 0.05) is 0 Å². The van der Waals surface area contributed by atoms with Crippen LogP contribution in [-0.2, 0) is 0 Å². The first-order valence-corrected chi connectivity index (χ1v) is 4.52. The Labute approximate surface area is 76.6 Å². The number of rotatable bonds is 1. The van der Waals surface area contributed by atoms with Gasteiger partial charge >= 0.3 is 39.1 Å². The average molecular weight is 181 g/mol. The second-order valence-corrected chi connectivity index (χ2v) is 2.01. The van der Waals surface area contributed by atoms with E-state index in [-0.39, 0.29) is 13.2 Å². The Balaban J connectivity index is -0.0000000750. The first-order chi connectivity index (χ1) is 4.74. The summed E-state index contributed by atoms with van der Waals surface area (Å²) in [6.07, 6.45) is 0. The molecule has 2 nitrogen and oxygen atoms in total. The van der Waals surface area contributed by atoms with Gasteiger partial charge in [-0.2, -0.15) is 0 Å². The molecular formula is C6H14AlClO2. The molecule has 0 saturated carbocycles. The minimum absolute atomic E-state index is 0. The van der Waals surface area contributed by atoms with Gasteiger partial charge < -0.3 is 10.2 Å². The standard InChI is InChI=1S/C2H4Cl.2C2H5O.Al/c3*1-2-3;/h1-2H2;2*2H2,1H3;/q;2*-1;+2. The Morgan fingerprint density at radius 3 is 1.30 bits per heavy atom. The fraction of sp³-hybridized carbons (Fsp3) is 1.00. The molecule has 0 aliphatic rings. The van der Waals surface area contributed by atoms with Gasteiger partial charge in [-0.15, -0.1) is 13.2 Å². The van der Waals surface area contributed by atoms with Crippen molar-refractivity contribution in [3.63, 3.8) is 0 Å². The predicted octanol–water partition coefficient (Wildman–Crippen LogP) is -0.455. The van der Waals surface area contributed by atoms with Crippen LogP contribution in [-0.4, -0.2) is 35.4 Å². The third-order valence-electron chi connectivity index (χ3n) is 0.109. The number of hydrogen-bond acceptors (Lipinski definition) is 2.